The fourth-order valence-electron chi connectivity index (χ4n) is 2.91. The molecule has 4 heteroatoms. The van der Waals surface area contributed by atoms with Crippen molar-refractivity contribution in [1.82, 2.24) is 0 Å². The summed E-state index contributed by atoms with van der Waals surface area (Å²) in [5, 5.41) is 9.46. The highest BCUT2D eigenvalue weighted by atomic mass is 32.2. The minimum absolute atomic E-state index is 0.546. The van der Waals surface area contributed by atoms with E-state index in [0.29, 0.717) is 0 Å². The van der Waals surface area contributed by atoms with Gasteiger partial charge in [-0.2, -0.15) is 0 Å². The van der Waals surface area contributed by atoms with Gasteiger partial charge in [-0.05, 0) is 48.6 Å². The zero-order valence-corrected chi connectivity index (χ0v) is 11.7. The molecular weight excluding hydrogens is 260 g/mol. The van der Waals surface area contributed by atoms with Crippen molar-refractivity contribution in [2.75, 3.05) is 12.4 Å². The Kier molecular flexibility index (Phi) is 3.44. The molecule has 1 N–H and O–H groups in total. The predicted molar refractivity (Wildman–Crippen MR) is 76.0 cm³/mol. The second kappa shape index (κ2) is 5.08. The fourth-order valence-corrected chi connectivity index (χ4v) is 4.25. The molecule has 3 nitrogen and oxygen atoms in total. The highest BCUT2D eigenvalue weighted by Crippen LogP contribution is 2.42. The van der Waals surface area contributed by atoms with Crippen molar-refractivity contribution in [2.45, 2.75) is 36.9 Å². The lowest BCUT2D eigenvalue weighted by Crippen LogP contribution is -2.32. The highest BCUT2D eigenvalue weighted by Gasteiger charge is 2.41. The second-order valence-electron chi connectivity index (χ2n) is 5.29. The lowest BCUT2D eigenvalue weighted by molar-refractivity contribution is -0.140. The summed E-state index contributed by atoms with van der Waals surface area (Å²) in [4.78, 5) is 11.5. The quantitative estimate of drug-likeness (QED) is 0.920. The summed E-state index contributed by atoms with van der Waals surface area (Å²) in [5.41, 5.74) is 2.50. The second-order valence-corrected chi connectivity index (χ2v) is 6.77. The van der Waals surface area contributed by atoms with E-state index in [9.17, 15) is 9.90 Å². The number of rotatable bonds is 4. The number of carbonyl (C=O) groups is 1. The standard InChI is InChI=1S/C15H18O3S/c16-14(17)15(6-1-9-19-15)7-4-11-2-3-13-12(10-11)5-8-18-13/h2-3,10H,1,4-9H2,(H,16,17). The van der Waals surface area contributed by atoms with Gasteiger partial charge in [0.2, 0.25) is 0 Å². The maximum atomic E-state index is 11.5. The molecule has 1 atom stereocenters. The van der Waals surface area contributed by atoms with E-state index in [1.807, 2.05) is 6.07 Å². The van der Waals surface area contributed by atoms with Gasteiger partial charge in [0.25, 0.3) is 0 Å². The largest absolute Gasteiger partial charge is 0.493 e. The van der Waals surface area contributed by atoms with E-state index in [1.54, 1.807) is 11.8 Å². The summed E-state index contributed by atoms with van der Waals surface area (Å²) in [6.45, 7) is 0.772. The molecule has 1 fully saturated rings. The molecule has 0 spiro atoms. The molecule has 102 valence electrons. The van der Waals surface area contributed by atoms with E-state index in [1.165, 1.54) is 11.1 Å². The zero-order chi connectivity index (χ0) is 13.3. The van der Waals surface area contributed by atoms with Gasteiger partial charge in [0.1, 0.15) is 10.5 Å². The van der Waals surface area contributed by atoms with Gasteiger partial charge in [-0.1, -0.05) is 12.1 Å². The maximum absolute atomic E-state index is 11.5. The molecule has 0 bridgehead atoms. The Morgan fingerprint density at radius 3 is 3.11 bits per heavy atom. The van der Waals surface area contributed by atoms with Crippen molar-refractivity contribution in [1.29, 1.82) is 0 Å². The monoisotopic (exact) mass is 278 g/mol. The number of carboxylic acids is 1. The number of thioether (sulfide) groups is 1. The Hall–Kier alpha value is -1.16. The lowest BCUT2D eigenvalue weighted by Gasteiger charge is -2.22. The summed E-state index contributed by atoms with van der Waals surface area (Å²) >= 11 is 1.62. The Morgan fingerprint density at radius 1 is 1.47 bits per heavy atom. The average molecular weight is 278 g/mol. The molecule has 2 aliphatic heterocycles. The van der Waals surface area contributed by atoms with Crippen LogP contribution in [0.15, 0.2) is 18.2 Å². The minimum Gasteiger partial charge on any atom is -0.493 e. The predicted octanol–water partition coefficient (Wildman–Crippen LogP) is 2.90. The molecule has 1 aromatic rings. The number of hydrogen-bond donors (Lipinski definition) is 1. The smallest absolute Gasteiger partial charge is 0.319 e. The molecule has 0 radical (unpaired) electrons. The summed E-state index contributed by atoms with van der Waals surface area (Å²) in [6, 6.07) is 6.27. The van der Waals surface area contributed by atoms with Crippen LogP contribution in [0.3, 0.4) is 0 Å². The third-order valence-electron chi connectivity index (χ3n) is 4.06. The Balaban J connectivity index is 1.70. The number of benzene rings is 1. The Labute approximate surface area is 117 Å². The summed E-state index contributed by atoms with van der Waals surface area (Å²) in [6.07, 6.45) is 4.37. The lowest BCUT2D eigenvalue weighted by atomic mass is 9.94. The van der Waals surface area contributed by atoms with E-state index in [-0.39, 0.29) is 0 Å². The summed E-state index contributed by atoms with van der Waals surface area (Å²) in [7, 11) is 0. The summed E-state index contributed by atoms with van der Waals surface area (Å²) < 4.78 is 4.95. The molecule has 2 heterocycles. The molecule has 2 aliphatic rings. The molecule has 1 saturated heterocycles. The van der Waals surface area contributed by atoms with Crippen molar-refractivity contribution in [3.05, 3.63) is 29.3 Å². The van der Waals surface area contributed by atoms with E-state index in [2.05, 4.69) is 12.1 Å². The van der Waals surface area contributed by atoms with Gasteiger partial charge in [0, 0.05) is 6.42 Å². The molecule has 1 aromatic carbocycles. The van der Waals surface area contributed by atoms with Crippen LogP contribution < -0.4 is 4.74 Å². The first-order valence-electron chi connectivity index (χ1n) is 6.82. The number of ether oxygens (including phenoxy) is 1. The van der Waals surface area contributed by atoms with Crippen LogP contribution in [0, 0.1) is 0 Å². The number of hydrogen-bond acceptors (Lipinski definition) is 3. The average Bonchev–Trinajstić information content (AvgIpc) is 3.05. The summed E-state index contributed by atoms with van der Waals surface area (Å²) in [5.74, 6) is 1.33. The zero-order valence-electron chi connectivity index (χ0n) is 10.9. The minimum atomic E-state index is -0.639. The van der Waals surface area contributed by atoms with E-state index in [4.69, 9.17) is 4.74 Å². The number of carboxylic acid groups (broad SMARTS) is 1. The molecule has 1 unspecified atom stereocenters. The van der Waals surface area contributed by atoms with Crippen molar-refractivity contribution in [2.24, 2.45) is 0 Å². The molecule has 0 amide bonds. The van der Waals surface area contributed by atoms with Crippen molar-refractivity contribution < 1.29 is 14.6 Å². The van der Waals surface area contributed by atoms with Crippen LogP contribution in [-0.2, 0) is 17.6 Å². The first-order chi connectivity index (χ1) is 9.20. The van der Waals surface area contributed by atoms with E-state index in [0.717, 1.165) is 50.2 Å². The molecule has 3 rings (SSSR count). The third kappa shape index (κ3) is 2.46. The van der Waals surface area contributed by atoms with Crippen LogP contribution in [0.25, 0.3) is 0 Å². The van der Waals surface area contributed by atoms with Crippen molar-refractivity contribution in [3.8, 4) is 5.75 Å². The van der Waals surface area contributed by atoms with Crippen LogP contribution in [0.4, 0.5) is 0 Å². The van der Waals surface area contributed by atoms with Crippen molar-refractivity contribution in [3.63, 3.8) is 0 Å². The van der Waals surface area contributed by atoms with E-state index < -0.39 is 10.7 Å². The van der Waals surface area contributed by atoms with Gasteiger partial charge >= 0.3 is 5.97 Å². The molecule has 0 aromatic heterocycles. The molecule has 0 aliphatic carbocycles. The highest BCUT2D eigenvalue weighted by molar-refractivity contribution is 8.01. The van der Waals surface area contributed by atoms with Crippen LogP contribution in [0.2, 0.25) is 0 Å². The van der Waals surface area contributed by atoms with Crippen LogP contribution in [0.1, 0.15) is 30.4 Å². The fraction of sp³-hybridized carbons (Fsp3) is 0.533. The number of fused-ring (bicyclic) bond motifs is 1. The Bertz CT molecular complexity index is 492. The van der Waals surface area contributed by atoms with Gasteiger partial charge in [0.15, 0.2) is 0 Å². The first kappa shape index (κ1) is 12.9. The van der Waals surface area contributed by atoms with Gasteiger partial charge in [-0.3, -0.25) is 4.79 Å². The Morgan fingerprint density at radius 2 is 2.37 bits per heavy atom. The van der Waals surface area contributed by atoms with Crippen LogP contribution >= 0.6 is 11.8 Å². The normalized spacial score (nSPS) is 25.1. The molecule has 0 saturated carbocycles. The number of aryl methyl sites for hydroxylation is 1. The van der Waals surface area contributed by atoms with Gasteiger partial charge in [-0.15, -0.1) is 11.8 Å². The first-order valence-corrected chi connectivity index (χ1v) is 7.80. The maximum Gasteiger partial charge on any atom is 0.319 e. The van der Waals surface area contributed by atoms with Crippen LogP contribution in [-0.4, -0.2) is 28.2 Å². The molecule has 19 heavy (non-hydrogen) atoms. The van der Waals surface area contributed by atoms with E-state index >= 15 is 0 Å². The number of aliphatic carboxylic acids is 1. The molecular formula is C15H18O3S. The van der Waals surface area contributed by atoms with Crippen molar-refractivity contribution >= 4 is 17.7 Å². The van der Waals surface area contributed by atoms with Gasteiger partial charge in [-0.25, -0.2) is 0 Å². The van der Waals surface area contributed by atoms with Gasteiger partial charge < -0.3 is 9.84 Å². The SMILES string of the molecule is O=C(O)C1(CCc2ccc3c(c2)CCO3)CCCS1. The topological polar surface area (TPSA) is 46.5 Å². The van der Waals surface area contributed by atoms with Gasteiger partial charge in [0.05, 0.1) is 6.61 Å². The third-order valence-corrected chi connectivity index (χ3v) is 5.69. The van der Waals surface area contributed by atoms with Crippen LogP contribution in [0.5, 0.6) is 5.75 Å².